The van der Waals surface area contributed by atoms with Crippen molar-refractivity contribution >= 4 is 21.7 Å². The van der Waals surface area contributed by atoms with Crippen molar-refractivity contribution in [2.75, 3.05) is 5.73 Å². The number of nitrogens with two attached hydrogens (primary N) is 1. The first-order chi connectivity index (χ1) is 8.38. The predicted octanol–water partition coefficient (Wildman–Crippen LogP) is 3.29. The molecule has 0 radical (unpaired) electrons. The third-order valence-corrected chi connectivity index (χ3v) is 3.06. The first kappa shape index (κ1) is 12.9. The van der Waals surface area contributed by atoms with Crippen molar-refractivity contribution in [1.82, 2.24) is 9.78 Å². The molecule has 0 unspecified atom stereocenters. The molecule has 7 heteroatoms. The van der Waals surface area contributed by atoms with Gasteiger partial charge in [-0.25, -0.2) is 4.68 Å². The molecule has 0 fully saturated rings. The summed E-state index contributed by atoms with van der Waals surface area (Å²) in [6.07, 6.45) is -2.77. The number of alkyl halides is 3. The Kier molecular flexibility index (Phi) is 3.34. The molecule has 2 aromatic rings. The van der Waals surface area contributed by atoms with Gasteiger partial charge < -0.3 is 5.73 Å². The van der Waals surface area contributed by atoms with E-state index in [9.17, 15) is 13.2 Å². The van der Waals surface area contributed by atoms with Gasteiger partial charge in [0.2, 0.25) is 0 Å². The third-order valence-electron chi connectivity index (χ3n) is 2.45. The standard InChI is InChI=1S/C11H9BrF3N3/c12-9-5-17-18(10(9)16)6-7-1-3-8(4-2-7)11(13,14)15/h1-5H,6,16H2. The molecule has 96 valence electrons. The maximum atomic E-state index is 12.4. The summed E-state index contributed by atoms with van der Waals surface area (Å²) in [7, 11) is 0. The zero-order chi connectivity index (χ0) is 13.3. The fourth-order valence-corrected chi connectivity index (χ4v) is 1.77. The van der Waals surface area contributed by atoms with E-state index in [-0.39, 0.29) is 0 Å². The van der Waals surface area contributed by atoms with Gasteiger partial charge in [0.1, 0.15) is 5.82 Å². The van der Waals surface area contributed by atoms with Crippen LogP contribution < -0.4 is 5.73 Å². The van der Waals surface area contributed by atoms with Crippen molar-refractivity contribution in [1.29, 1.82) is 0 Å². The quantitative estimate of drug-likeness (QED) is 0.923. The summed E-state index contributed by atoms with van der Waals surface area (Å²) in [5.41, 5.74) is 5.76. The molecule has 1 aromatic carbocycles. The van der Waals surface area contributed by atoms with Gasteiger partial charge >= 0.3 is 6.18 Å². The minimum absolute atomic E-state index is 0.329. The van der Waals surface area contributed by atoms with Gasteiger partial charge in [-0.2, -0.15) is 18.3 Å². The van der Waals surface area contributed by atoms with E-state index in [2.05, 4.69) is 21.0 Å². The van der Waals surface area contributed by atoms with Crippen LogP contribution in [0.15, 0.2) is 34.9 Å². The maximum Gasteiger partial charge on any atom is 0.416 e. The highest BCUT2D eigenvalue weighted by molar-refractivity contribution is 9.10. The van der Waals surface area contributed by atoms with Gasteiger partial charge in [-0.3, -0.25) is 0 Å². The molecule has 2 N–H and O–H groups in total. The number of nitrogens with zero attached hydrogens (tertiary/aromatic N) is 2. The van der Waals surface area contributed by atoms with Gasteiger partial charge in [0.15, 0.2) is 0 Å². The molecule has 0 bridgehead atoms. The van der Waals surface area contributed by atoms with E-state index in [4.69, 9.17) is 5.73 Å². The molecule has 0 saturated heterocycles. The van der Waals surface area contributed by atoms with Crippen LogP contribution in [0.2, 0.25) is 0 Å². The van der Waals surface area contributed by atoms with Crippen LogP contribution in [0.3, 0.4) is 0 Å². The summed E-state index contributed by atoms with van der Waals surface area (Å²) < 4.78 is 39.3. The number of anilines is 1. The van der Waals surface area contributed by atoms with Gasteiger partial charge in [0, 0.05) is 0 Å². The summed E-state index contributed by atoms with van der Waals surface area (Å²) in [6, 6.07) is 4.92. The number of benzene rings is 1. The highest BCUT2D eigenvalue weighted by atomic mass is 79.9. The Morgan fingerprint density at radius 2 is 1.83 bits per heavy atom. The zero-order valence-electron chi connectivity index (χ0n) is 9.08. The number of rotatable bonds is 2. The second-order valence-corrected chi connectivity index (χ2v) is 4.58. The zero-order valence-corrected chi connectivity index (χ0v) is 10.7. The Balaban J connectivity index is 2.19. The van der Waals surface area contributed by atoms with E-state index >= 15 is 0 Å². The molecule has 1 heterocycles. The molecular formula is C11H9BrF3N3. The van der Waals surface area contributed by atoms with Gasteiger partial charge in [0.05, 0.1) is 22.8 Å². The van der Waals surface area contributed by atoms with Crippen LogP contribution in [-0.2, 0) is 12.7 Å². The van der Waals surface area contributed by atoms with Crippen molar-refractivity contribution in [3.8, 4) is 0 Å². The van der Waals surface area contributed by atoms with Crippen molar-refractivity contribution in [3.63, 3.8) is 0 Å². The molecule has 2 rings (SSSR count). The topological polar surface area (TPSA) is 43.8 Å². The van der Waals surface area contributed by atoms with Crippen LogP contribution in [0.1, 0.15) is 11.1 Å². The summed E-state index contributed by atoms with van der Waals surface area (Å²) in [4.78, 5) is 0. The fraction of sp³-hybridized carbons (Fsp3) is 0.182. The molecule has 0 atom stereocenters. The monoisotopic (exact) mass is 319 g/mol. The highest BCUT2D eigenvalue weighted by Crippen LogP contribution is 2.29. The molecule has 0 amide bonds. The van der Waals surface area contributed by atoms with E-state index in [1.807, 2.05) is 0 Å². The molecule has 3 nitrogen and oxygen atoms in total. The largest absolute Gasteiger partial charge is 0.416 e. The Bertz CT molecular complexity index is 546. The number of nitrogen functional groups attached to an aromatic ring is 1. The summed E-state index contributed by atoms with van der Waals surface area (Å²) in [5, 5.41) is 4.00. The second-order valence-electron chi connectivity index (χ2n) is 3.73. The van der Waals surface area contributed by atoms with Gasteiger partial charge in [-0.1, -0.05) is 12.1 Å². The highest BCUT2D eigenvalue weighted by Gasteiger charge is 2.29. The lowest BCUT2D eigenvalue weighted by Gasteiger charge is -2.08. The summed E-state index contributed by atoms with van der Waals surface area (Å²) in [5.74, 6) is 0.440. The lowest BCUT2D eigenvalue weighted by atomic mass is 10.1. The molecule has 18 heavy (non-hydrogen) atoms. The number of aromatic nitrogens is 2. The van der Waals surface area contributed by atoms with Crippen LogP contribution >= 0.6 is 15.9 Å². The minimum Gasteiger partial charge on any atom is -0.383 e. The lowest BCUT2D eigenvalue weighted by molar-refractivity contribution is -0.137. The normalized spacial score (nSPS) is 11.8. The van der Waals surface area contributed by atoms with Crippen LogP contribution in [0.4, 0.5) is 19.0 Å². The Morgan fingerprint density at radius 1 is 1.22 bits per heavy atom. The van der Waals surface area contributed by atoms with Gasteiger partial charge in [0.25, 0.3) is 0 Å². The van der Waals surface area contributed by atoms with Crippen LogP contribution in [0.25, 0.3) is 0 Å². The van der Waals surface area contributed by atoms with Crippen LogP contribution in [0, 0.1) is 0 Å². The number of halogens is 4. The van der Waals surface area contributed by atoms with E-state index in [1.165, 1.54) is 16.8 Å². The molecule has 0 saturated carbocycles. The van der Waals surface area contributed by atoms with Crippen molar-refractivity contribution in [2.24, 2.45) is 0 Å². The van der Waals surface area contributed by atoms with Gasteiger partial charge in [-0.15, -0.1) is 0 Å². The van der Waals surface area contributed by atoms with Crippen molar-refractivity contribution < 1.29 is 13.2 Å². The molecule has 0 aliphatic rings. The first-order valence-corrected chi connectivity index (χ1v) is 5.80. The maximum absolute atomic E-state index is 12.4. The third kappa shape index (κ3) is 2.66. The Morgan fingerprint density at radius 3 is 2.28 bits per heavy atom. The fourth-order valence-electron chi connectivity index (χ4n) is 1.47. The van der Waals surface area contributed by atoms with E-state index < -0.39 is 11.7 Å². The number of hydrogen-bond acceptors (Lipinski definition) is 2. The Labute approximate surface area is 110 Å². The van der Waals surface area contributed by atoms with Crippen molar-refractivity contribution in [3.05, 3.63) is 46.1 Å². The lowest BCUT2D eigenvalue weighted by Crippen LogP contribution is -2.07. The SMILES string of the molecule is Nc1c(Br)cnn1Cc1ccc(C(F)(F)F)cc1. The summed E-state index contributed by atoms with van der Waals surface area (Å²) >= 11 is 3.21. The first-order valence-electron chi connectivity index (χ1n) is 5.01. The van der Waals surface area contributed by atoms with E-state index in [0.29, 0.717) is 22.4 Å². The molecule has 0 aliphatic heterocycles. The molecule has 1 aromatic heterocycles. The molecular weight excluding hydrogens is 311 g/mol. The average molecular weight is 320 g/mol. The molecule has 0 spiro atoms. The Hall–Kier alpha value is -1.50. The van der Waals surface area contributed by atoms with Crippen molar-refractivity contribution in [2.45, 2.75) is 12.7 Å². The minimum atomic E-state index is -4.31. The van der Waals surface area contributed by atoms with Gasteiger partial charge in [-0.05, 0) is 33.6 Å². The smallest absolute Gasteiger partial charge is 0.383 e. The van der Waals surface area contributed by atoms with E-state index in [0.717, 1.165) is 12.1 Å². The average Bonchev–Trinajstić information content (AvgIpc) is 2.61. The summed E-state index contributed by atoms with van der Waals surface area (Å²) in [6.45, 7) is 0.329. The number of hydrogen-bond donors (Lipinski definition) is 1. The van der Waals surface area contributed by atoms with E-state index in [1.54, 1.807) is 6.20 Å². The molecule has 0 aliphatic carbocycles. The second kappa shape index (κ2) is 4.64. The predicted molar refractivity (Wildman–Crippen MR) is 64.9 cm³/mol. The van der Waals surface area contributed by atoms with Crippen LogP contribution in [0.5, 0.6) is 0 Å². The van der Waals surface area contributed by atoms with Crippen LogP contribution in [-0.4, -0.2) is 9.78 Å².